The van der Waals surface area contributed by atoms with Gasteiger partial charge in [-0.25, -0.2) is 0 Å². The molecule has 0 saturated heterocycles. The highest BCUT2D eigenvalue weighted by molar-refractivity contribution is 5.97. The van der Waals surface area contributed by atoms with E-state index in [0.29, 0.717) is 17.9 Å². The van der Waals surface area contributed by atoms with Crippen molar-refractivity contribution in [2.24, 2.45) is 5.92 Å². The Kier molecular flexibility index (Phi) is 11.4. The Bertz CT molecular complexity index is 803. The van der Waals surface area contributed by atoms with Crippen LogP contribution in [0.1, 0.15) is 72.1 Å². The van der Waals surface area contributed by atoms with Gasteiger partial charge >= 0.3 is 0 Å². The van der Waals surface area contributed by atoms with Gasteiger partial charge in [0.25, 0.3) is 0 Å². The van der Waals surface area contributed by atoms with Crippen LogP contribution in [0.4, 0.5) is 5.69 Å². The van der Waals surface area contributed by atoms with Crippen molar-refractivity contribution in [2.75, 3.05) is 5.32 Å². The summed E-state index contributed by atoms with van der Waals surface area (Å²) in [5, 5.41) is 5.82. The highest BCUT2D eigenvalue weighted by Gasteiger charge is 2.24. The normalized spacial score (nSPS) is 11.8. The molecule has 174 valence electrons. The Morgan fingerprint density at radius 3 is 2.03 bits per heavy atom. The molecule has 0 aromatic heterocycles. The molecule has 1 unspecified atom stereocenters. The molecule has 0 heterocycles. The van der Waals surface area contributed by atoms with Crippen molar-refractivity contribution in [1.29, 1.82) is 0 Å². The Morgan fingerprint density at radius 1 is 0.812 bits per heavy atom. The van der Waals surface area contributed by atoms with Gasteiger partial charge in [-0.15, -0.1) is 0 Å². The van der Waals surface area contributed by atoms with Gasteiger partial charge in [-0.05, 0) is 48.7 Å². The van der Waals surface area contributed by atoms with E-state index in [-0.39, 0.29) is 17.7 Å². The fourth-order valence-electron chi connectivity index (χ4n) is 3.47. The first-order valence-electron chi connectivity index (χ1n) is 11.9. The first-order valence-corrected chi connectivity index (χ1v) is 11.9. The van der Waals surface area contributed by atoms with Gasteiger partial charge in [-0.2, -0.15) is 0 Å². The van der Waals surface area contributed by atoms with Gasteiger partial charge in [0.2, 0.25) is 11.8 Å². The van der Waals surface area contributed by atoms with Crippen LogP contribution >= 0.6 is 0 Å². The summed E-state index contributed by atoms with van der Waals surface area (Å²) in [6, 6.07) is 16.2. The topological polar surface area (TPSA) is 67.4 Å². The van der Waals surface area contributed by atoms with Crippen LogP contribution in [0.15, 0.2) is 54.6 Å². The van der Waals surface area contributed by atoms with E-state index in [9.17, 15) is 9.59 Å². The summed E-state index contributed by atoms with van der Waals surface area (Å²) in [6.07, 6.45) is 8.61. The van der Waals surface area contributed by atoms with Gasteiger partial charge in [0.1, 0.15) is 17.5 Å². The van der Waals surface area contributed by atoms with E-state index in [4.69, 9.17) is 4.74 Å². The van der Waals surface area contributed by atoms with Crippen LogP contribution in [0.5, 0.6) is 11.5 Å². The van der Waals surface area contributed by atoms with Crippen LogP contribution in [0.2, 0.25) is 0 Å². The van der Waals surface area contributed by atoms with Crippen LogP contribution in [-0.4, -0.2) is 17.9 Å². The minimum atomic E-state index is -0.563. The number of carbonyl (C=O) groups excluding carboxylic acids is 2. The van der Waals surface area contributed by atoms with Crippen molar-refractivity contribution in [3.63, 3.8) is 0 Å². The van der Waals surface area contributed by atoms with Crippen molar-refractivity contribution in [3.8, 4) is 11.5 Å². The molecule has 0 radical (unpaired) electrons. The smallest absolute Gasteiger partial charge is 0.247 e. The standard InChI is InChI=1S/C27H38N2O3/c1-4-5-6-7-8-9-13-16-25(30)29-26(21(2)3)27(31)28-22-17-19-24(20-18-22)32-23-14-11-10-12-15-23/h10-12,14-15,17-21,26H,4-9,13,16H2,1-3H3,(H,28,31)(H,29,30). The van der Waals surface area contributed by atoms with Crippen molar-refractivity contribution in [3.05, 3.63) is 54.6 Å². The van der Waals surface area contributed by atoms with Crippen LogP contribution in [0, 0.1) is 5.92 Å². The van der Waals surface area contributed by atoms with Crippen LogP contribution in [-0.2, 0) is 9.59 Å². The number of ether oxygens (including phenoxy) is 1. The number of rotatable bonds is 14. The van der Waals surface area contributed by atoms with Gasteiger partial charge in [-0.3, -0.25) is 9.59 Å². The fourth-order valence-corrected chi connectivity index (χ4v) is 3.47. The maximum atomic E-state index is 12.8. The molecule has 5 nitrogen and oxygen atoms in total. The Labute approximate surface area is 192 Å². The van der Waals surface area contributed by atoms with E-state index in [2.05, 4.69) is 17.6 Å². The first kappa shape index (κ1) is 25.4. The molecule has 2 amide bonds. The third kappa shape index (κ3) is 9.54. The number of hydrogen-bond acceptors (Lipinski definition) is 3. The maximum Gasteiger partial charge on any atom is 0.247 e. The molecule has 0 saturated carbocycles. The number of hydrogen-bond donors (Lipinski definition) is 2. The lowest BCUT2D eigenvalue weighted by Crippen LogP contribution is -2.47. The number of para-hydroxylation sites is 1. The van der Waals surface area contributed by atoms with Crippen molar-refractivity contribution in [2.45, 2.75) is 78.2 Å². The number of unbranched alkanes of at least 4 members (excludes halogenated alkanes) is 6. The van der Waals surface area contributed by atoms with Gasteiger partial charge < -0.3 is 15.4 Å². The highest BCUT2D eigenvalue weighted by Crippen LogP contribution is 2.23. The predicted octanol–water partition coefficient (Wildman–Crippen LogP) is 6.70. The van der Waals surface area contributed by atoms with Gasteiger partial charge in [0.05, 0.1) is 0 Å². The second kappa shape index (κ2) is 14.3. The molecule has 1 atom stereocenters. The largest absolute Gasteiger partial charge is 0.457 e. The SMILES string of the molecule is CCCCCCCCCC(=O)NC(C(=O)Nc1ccc(Oc2ccccc2)cc1)C(C)C. The minimum Gasteiger partial charge on any atom is -0.457 e. The van der Waals surface area contributed by atoms with Crippen LogP contribution < -0.4 is 15.4 Å². The molecule has 2 N–H and O–H groups in total. The van der Waals surface area contributed by atoms with E-state index in [0.717, 1.165) is 18.6 Å². The Hall–Kier alpha value is -2.82. The monoisotopic (exact) mass is 438 g/mol. The molecule has 2 aromatic carbocycles. The van der Waals surface area contributed by atoms with Gasteiger partial charge in [0.15, 0.2) is 0 Å². The van der Waals surface area contributed by atoms with E-state index in [1.165, 1.54) is 32.1 Å². The Morgan fingerprint density at radius 2 is 1.41 bits per heavy atom. The lowest BCUT2D eigenvalue weighted by Gasteiger charge is -2.22. The zero-order valence-corrected chi connectivity index (χ0v) is 19.7. The van der Waals surface area contributed by atoms with E-state index < -0.39 is 6.04 Å². The molecule has 2 rings (SSSR count). The lowest BCUT2D eigenvalue weighted by molar-refractivity contribution is -0.127. The summed E-state index contributed by atoms with van der Waals surface area (Å²) < 4.78 is 5.78. The molecular weight excluding hydrogens is 400 g/mol. The molecule has 0 aliphatic rings. The lowest BCUT2D eigenvalue weighted by atomic mass is 10.0. The number of benzene rings is 2. The van der Waals surface area contributed by atoms with Gasteiger partial charge in [0, 0.05) is 12.1 Å². The zero-order valence-electron chi connectivity index (χ0n) is 19.7. The Balaban J connectivity index is 1.79. The zero-order chi connectivity index (χ0) is 23.2. The predicted molar refractivity (Wildman–Crippen MR) is 131 cm³/mol. The van der Waals surface area contributed by atoms with Crippen molar-refractivity contribution >= 4 is 17.5 Å². The van der Waals surface area contributed by atoms with E-state index in [1.807, 2.05) is 56.3 Å². The summed E-state index contributed by atoms with van der Waals surface area (Å²) >= 11 is 0. The molecule has 0 aliphatic carbocycles. The molecule has 0 bridgehead atoms. The summed E-state index contributed by atoms with van der Waals surface area (Å²) in [4.78, 5) is 25.1. The summed E-state index contributed by atoms with van der Waals surface area (Å²) in [6.45, 7) is 6.09. The number of anilines is 1. The summed E-state index contributed by atoms with van der Waals surface area (Å²) in [7, 11) is 0. The maximum absolute atomic E-state index is 12.8. The molecule has 0 fully saturated rings. The van der Waals surface area contributed by atoms with E-state index >= 15 is 0 Å². The van der Waals surface area contributed by atoms with Crippen LogP contribution in [0.25, 0.3) is 0 Å². The average molecular weight is 439 g/mol. The summed E-state index contributed by atoms with van der Waals surface area (Å²) in [5.41, 5.74) is 0.669. The molecule has 2 aromatic rings. The second-order valence-electron chi connectivity index (χ2n) is 8.59. The number of amides is 2. The van der Waals surface area contributed by atoms with Crippen LogP contribution in [0.3, 0.4) is 0 Å². The minimum absolute atomic E-state index is 0.00585. The third-order valence-corrected chi connectivity index (χ3v) is 5.37. The molecule has 0 spiro atoms. The van der Waals surface area contributed by atoms with Gasteiger partial charge in [-0.1, -0.05) is 77.5 Å². The number of nitrogens with one attached hydrogen (secondary N) is 2. The summed E-state index contributed by atoms with van der Waals surface area (Å²) in [5.74, 6) is 1.18. The quantitative estimate of drug-likeness (QED) is 0.323. The third-order valence-electron chi connectivity index (χ3n) is 5.37. The fraction of sp³-hybridized carbons (Fsp3) is 0.481. The van der Waals surface area contributed by atoms with Crippen molar-refractivity contribution < 1.29 is 14.3 Å². The molecule has 5 heteroatoms. The first-order chi connectivity index (χ1) is 15.5. The second-order valence-corrected chi connectivity index (χ2v) is 8.59. The van der Waals surface area contributed by atoms with E-state index in [1.54, 1.807) is 12.1 Å². The average Bonchev–Trinajstić information content (AvgIpc) is 2.78. The highest BCUT2D eigenvalue weighted by atomic mass is 16.5. The molecule has 0 aliphatic heterocycles. The molecule has 32 heavy (non-hydrogen) atoms. The van der Waals surface area contributed by atoms with Crippen molar-refractivity contribution in [1.82, 2.24) is 5.32 Å². The molecular formula is C27H38N2O3. The number of carbonyl (C=O) groups is 2.